The lowest BCUT2D eigenvalue weighted by Crippen LogP contribution is -2.27. The van der Waals surface area contributed by atoms with Gasteiger partial charge in [-0.2, -0.15) is 5.10 Å². The number of nitrogens with zero attached hydrogens (tertiary/aromatic N) is 3. The first-order valence-corrected chi connectivity index (χ1v) is 6.72. The van der Waals surface area contributed by atoms with Crippen LogP contribution in [-0.4, -0.2) is 34.4 Å². The Kier molecular flexibility index (Phi) is 4.59. The van der Waals surface area contributed by atoms with Gasteiger partial charge in [0.15, 0.2) is 5.13 Å². The zero-order chi connectivity index (χ0) is 14.5. The number of amides is 1. The minimum Gasteiger partial charge on any atom is -0.383 e. The van der Waals surface area contributed by atoms with Gasteiger partial charge >= 0.3 is 0 Å². The number of rotatable bonds is 5. The Hall–Kier alpha value is -2.06. The summed E-state index contributed by atoms with van der Waals surface area (Å²) in [5.74, 6) is -0.398. The highest BCUT2D eigenvalue weighted by Crippen LogP contribution is 2.16. The maximum absolute atomic E-state index is 12.0. The maximum Gasteiger partial charge on any atom is 0.277 e. The minimum absolute atomic E-state index is 0.161. The van der Waals surface area contributed by atoms with E-state index < -0.39 is 5.91 Å². The van der Waals surface area contributed by atoms with E-state index in [1.54, 1.807) is 6.20 Å². The molecule has 0 saturated heterocycles. The summed E-state index contributed by atoms with van der Waals surface area (Å²) < 4.78 is 6.09. The summed E-state index contributed by atoms with van der Waals surface area (Å²) >= 11 is 1.37. The van der Waals surface area contributed by atoms with Gasteiger partial charge in [0, 0.05) is 24.3 Å². The highest BCUT2D eigenvalue weighted by molar-refractivity contribution is 7.15. The summed E-state index contributed by atoms with van der Waals surface area (Å²) in [4.78, 5) is 28.6. The van der Waals surface area contributed by atoms with Gasteiger partial charge in [-0.25, -0.2) is 9.67 Å². The summed E-state index contributed by atoms with van der Waals surface area (Å²) in [6.07, 6.45) is 1.67. The molecule has 1 N–H and O–H groups in total. The highest BCUT2D eigenvalue weighted by Gasteiger charge is 2.11. The molecule has 2 heterocycles. The number of carbonyl (C=O) groups is 1. The van der Waals surface area contributed by atoms with Crippen molar-refractivity contribution in [1.82, 2.24) is 14.8 Å². The van der Waals surface area contributed by atoms with Crippen LogP contribution in [0.5, 0.6) is 0 Å². The van der Waals surface area contributed by atoms with Gasteiger partial charge in [0.1, 0.15) is 5.69 Å². The van der Waals surface area contributed by atoms with Gasteiger partial charge in [-0.05, 0) is 13.0 Å². The van der Waals surface area contributed by atoms with E-state index in [2.05, 4.69) is 15.4 Å². The number of hydrogen-bond acceptors (Lipinski definition) is 6. The molecule has 0 aromatic carbocycles. The summed E-state index contributed by atoms with van der Waals surface area (Å²) in [5, 5.41) is 7.15. The van der Waals surface area contributed by atoms with E-state index in [1.165, 1.54) is 35.3 Å². The van der Waals surface area contributed by atoms with E-state index >= 15 is 0 Å². The van der Waals surface area contributed by atoms with Crippen LogP contribution >= 0.6 is 11.3 Å². The van der Waals surface area contributed by atoms with Crippen LogP contribution in [0.3, 0.4) is 0 Å². The molecule has 20 heavy (non-hydrogen) atoms. The summed E-state index contributed by atoms with van der Waals surface area (Å²) in [6, 6.07) is 2.70. The first-order valence-electron chi connectivity index (χ1n) is 5.91. The predicted octanol–water partition coefficient (Wildman–Crippen LogP) is 0.907. The van der Waals surface area contributed by atoms with Crippen LogP contribution in [0.4, 0.5) is 5.13 Å². The number of nitrogens with one attached hydrogen (secondary N) is 1. The van der Waals surface area contributed by atoms with Crippen molar-refractivity contribution in [3.63, 3.8) is 0 Å². The Labute approximate surface area is 119 Å². The monoisotopic (exact) mass is 294 g/mol. The standard InChI is InChI=1S/C12H14N4O3S/c1-8-7-13-12(20-8)14-11(18)9-3-4-10(17)16(15-9)5-6-19-2/h3-4,7H,5-6H2,1-2H3,(H,13,14,18). The maximum atomic E-state index is 12.0. The average Bonchev–Trinajstić information content (AvgIpc) is 2.83. The molecule has 0 aliphatic carbocycles. The molecule has 2 rings (SSSR count). The molecule has 0 radical (unpaired) electrons. The molecule has 0 aliphatic rings. The zero-order valence-electron chi connectivity index (χ0n) is 11.1. The van der Waals surface area contributed by atoms with Crippen LogP contribution in [0.15, 0.2) is 23.1 Å². The SMILES string of the molecule is COCCn1nc(C(=O)Nc2ncc(C)s2)ccc1=O. The molecule has 1 amide bonds. The quantitative estimate of drug-likeness (QED) is 0.885. The Balaban J connectivity index is 2.15. The Morgan fingerprint density at radius 2 is 2.30 bits per heavy atom. The van der Waals surface area contributed by atoms with Gasteiger partial charge in [-0.1, -0.05) is 0 Å². The van der Waals surface area contributed by atoms with Crippen LogP contribution in [0.2, 0.25) is 0 Å². The van der Waals surface area contributed by atoms with Crippen molar-refractivity contribution in [3.05, 3.63) is 39.3 Å². The number of anilines is 1. The second-order valence-electron chi connectivity index (χ2n) is 4.00. The van der Waals surface area contributed by atoms with Crippen molar-refractivity contribution in [2.45, 2.75) is 13.5 Å². The first kappa shape index (κ1) is 14.4. The number of carbonyl (C=O) groups excluding carboxylic acids is 1. The Morgan fingerprint density at radius 1 is 1.50 bits per heavy atom. The van der Waals surface area contributed by atoms with Gasteiger partial charge in [0.05, 0.1) is 13.2 Å². The third-order valence-corrected chi connectivity index (χ3v) is 3.28. The van der Waals surface area contributed by atoms with E-state index in [9.17, 15) is 9.59 Å². The highest BCUT2D eigenvalue weighted by atomic mass is 32.1. The van der Waals surface area contributed by atoms with Crippen LogP contribution in [-0.2, 0) is 11.3 Å². The molecule has 0 aliphatic heterocycles. The van der Waals surface area contributed by atoms with E-state index in [0.717, 1.165) is 4.88 Å². The van der Waals surface area contributed by atoms with Gasteiger partial charge in [-0.15, -0.1) is 11.3 Å². The average molecular weight is 294 g/mol. The molecule has 0 unspecified atom stereocenters. The van der Waals surface area contributed by atoms with E-state index in [-0.39, 0.29) is 11.3 Å². The molecular weight excluding hydrogens is 280 g/mol. The molecule has 106 valence electrons. The summed E-state index contributed by atoms with van der Waals surface area (Å²) in [6.45, 7) is 2.55. The Morgan fingerprint density at radius 3 is 2.95 bits per heavy atom. The lowest BCUT2D eigenvalue weighted by molar-refractivity contribution is 0.101. The molecule has 8 heteroatoms. The van der Waals surface area contributed by atoms with Crippen LogP contribution in [0, 0.1) is 6.92 Å². The predicted molar refractivity (Wildman–Crippen MR) is 75.2 cm³/mol. The number of ether oxygens (including phenoxy) is 1. The van der Waals surface area contributed by atoms with E-state index in [4.69, 9.17) is 4.74 Å². The lowest BCUT2D eigenvalue weighted by Gasteiger charge is -2.06. The van der Waals surface area contributed by atoms with Crippen molar-refractivity contribution in [3.8, 4) is 0 Å². The third kappa shape index (κ3) is 3.49. The van der Waals surface area contributed by atoms with Crippen molar-refractivity contribution >= 4 is 22.4 Å². The minimum atomic E-state index is -0.398. The normalized spacial score (nSPS) is 10.5. The molecule has 0 spiro atoms. The Bertz CT molecular complexity index is 665. The van der Waals surface area contributed by atoms with Gasteiger partial charge in [0.2, 0.25) is 0 Å². The lowest BCUT2D eigenvalue weighted by atomic mass is 10.3. The third-order valence-electron chi connectivity index (χ3n) is 2.45. The van der Waals surface area contributed by atoms with Crippen molar-refractivity contribution in [2.75, 3.05) is 19.0 Å². The molecule has 0 atom stereocenters. The topological polar surface area (TPSA) is 86.1 Å². The van der Waals surface area contributed by atoms with Crippen LogP contribution < -0.4 is 10.9 Å². The number of methoxy groups -OCH3 is 1. The van der Waals surface area contributed by atoms with Gasteiger partial charge in [0.25, 0.3) is 11.5 Å². The fourth-order valence-corrected chi connectivity index (χ4v) is 2.14. The molecule has 0 bridgehead atoms. The largest absolute Gasteiger partial charge is 0.383 e. The number of thiazole rings is 1. The van der Waals surface area contributed by atoms with Crippen LogP contribution in [0.25, 0.3) is 0 Å². The van der Waals surface area contributed by atoms with Crippen LogP contribution in [0.1, 0.15) is 15.4 Å². The smallest absolute Gasteiger partial charge is 0.277 e. The van der Waals surface area contributed by atoms with Crippen molar-refractivity contribution in [1.29, 1.82) is 0 Å². The second kappa shape index (κ2) is 6.40. The summed E-state index contributed by atoms with van der Waals surface area (Å²) in [7, 11) is 1.53. The molecule has 2 aromatic heterocycles. The van der Waals surface area contributed by atoms with E-state index in [0.29, 0.717) is 18.3 Å². The molecular formula is C12H14N4O3S. The number of aromatic nitrogens is 3. The van der Waals surface area contributed by atoms with Gasteiger partial charge < -0.3 is 4.74 Å². The number of hydrogen-bond donors (Lipinski definition) is 1. The zero-order valence-corrected chi connectivity index (χ0v) is 11.9. The summed E-state index contributed by atoms with van der Waals surface area (Å²) in [5.41, 5.74) is -0.114. The molecule has 2 aromatic rings. The van der Waals surface area contributed by atoms with Gasteiger partial charge in [-0.3, -0.25) is 14.9 Å². The number of aryl methyl sites for hydroxylation is 1. The second-order valence-corrected chi connectivity index (χ2v) is 5.24. The fourth-order valence-electron chi connectivity index (χ4n) is 1.48. The molecule has 0 saturated carbocycles. The van der Waals surface area contributed by atoms with E-state index in [1.807, 2.05) is 6.92 Å². The van der Waals surface area contributed by atoms with Crippen molar-refractivity contribution in [2.24, 2.45) is 0 Å². The van der Waals surface area contributed by atoms with Crippen molar-refractivity contribution < 1.29 is 9.53 Å². The first-order chi connectivity index (χ1) is 9.60. The molecule has 0 fully saturated rings. The molecule has 7 nitrogen and oxygen atoms in total. The fraction of sp³-hybridized carbons (Fsp3) is 0.333.